The molecule has 15 heavy (non-hydrogen) atoms. The molecule has 0 saturated heterocycles. The Bertz CT molecular complexity index is 358. The van der Waals surface area contributed by atoms with Crippen LogP contribution in [-0.2, 0) is 9.59 Å². The summed E-state index contributed by atoms with van der Waals surface area (Å²) < 4.78 is 0. The highest BCUT2D eigenvalue weighted by Crippen LogP contribution is 2.19. The average Bonchev–Trinajstić information content (AvgIpc) is 2.42. The quantitative estimate of drug-likeness (QED) is 0.682. The van der Waals surface area contributed by atoms with Gasteiger partial charge in [0.25, 0.3) is 5.91 Å². The highest BCUT2D eigenvalue weighted by Gasteiger charge is 2.34. The number of hydrogen-bond donors (Lipinski definition) is 2. The summed E-state index contributed by atoms with van der Waals surface area (Å²) in [6.07, 6.45) is 1.15. The Labute approximate surface area is 87.9 Å². The molecule has 82 valence electrons. The van der Waals surface area contributed by atoms with E-state index in [1.165, 1.54) is 6.92 Å². The van der Waals surface area contributed by atoms with Crippen molar-refractivity contribution in [1.82, 2.24) is 4.90 Å². The van der Waals surface area contributed by atoms with E-state index < -0.39 is 11.8 Å². The number of amides is 2. The molecule has 0 aromatic carbocycles. The maximum Gasteiger partial charge on any atom is 0.266 e. The van der Waals surface area contributed by atoms with Gasteiger partial charge in [-0.1, -0.05) is 13.3 Å². The minimum absolute atomic E-state index is 0.00736. The fraction of sp³-hybridized carbons (Fsp3) is 0.500. The smallest absolute Gasteiger partial charge is 0.266 e. The van der Waals surface area contributed by atoms with Crippen molar-refractivity contribution in [1.29, 1.82) is 5.41 Å². The minimum atomic E-state index is -0.557. The number of nitrogens with one attached hydrogen (secondary N) is 1. The van der Waals surface area contributed by atoms with Crippen molar-refractivity contribution in [2.75, 3.05) is 6.54 Å². The summed E-state index contributed by atoms with van der Waals surface area (Å²) in [6, 6.07) is 0. The summed E-state index contributed by atoms with van der Waals surface area (Å²) in [4.78, 5) is 23.6. The van der Waals surface area contributed by atoms with E-state index in [9.17, 15) is 14.7 Å². The molecular weight excluding hydrogens is 196 g/mol. The number of nitrogens with zero attached hydrogens (tertiary/aromatic N) is 1. The van der Waals surface area contributed by atoms with E-state index in [1.807, 2.05) is 6.92 Å². The van der Waals surface area contributed by atoms with Gasteiger partial charge in [-0.15, -0.1) is 0 Å². The van der Waals surface area contributed by atoms with E-state index in [0.717, 1.165) is 11.3 Å². The Morgan fingerprint density at radius 1 is 1.60 bits per heavy atom. The predicted molar refractivity (Wildman–Crippen MR) is 54.7 cm³/mol. The summed E-state index contributed by atoms with van der Waals surface area (Å²) in [5, 5.41) is 17.1. The third kappa shape index (κ3) is 2.06. The zero-order chi connectivity index (χ0) is 11.6. The van der Waals surface area contributed by atoms with Gasteiger partial charge in [-0.25, -0.2) is 0 Å². The van der Waals surface area contributed by atoms with Crippen molar-refractivity contribution >= 4 is 17.5 Å². The summed E-state index contributed by atoms with van der Waals surface area (Å²) in [5.41, 5.74) is 0.0933. The zero-order valence-electron chi connectivity index (χ0n) is 8.83. The van der Waals surface area contributed by atoms with Crippen LogP contribution in [0.3, 0.4) is 0 Å². The van der Waals surface area contributed by atoms with Crippen LogP contribution in [0, 0.1) is 5.41 Å². The molecule has 0 bridgehead atoms. The Morgan fingerprint density at radius 3 is 2.60 bits per heavy atom. The standard InChI is InChI=1S/C10H14N2O3/c1-3-4-7(11)9-8(14)5-12(6(2)13)10(9)15/h11,14H,3-5H2,1-2H3. The maximum atomic E-state index is 11.6. The topological polar surface area (TPSA) is 81.5 Å². The molecule has 0 spiro atoms. The molecular formula is C10H14N2O3. The van der Waals surface area contributed by atoms with Crippen LogP contribution in [0.25, 0.3) is 0 Å². The molecule has 1 aliphatic heterocycles. The Balaban J connectivity index is 2.91. The molecule has 1 aliphatic rings. The predicted octanol–water partition coefficient (Wildman–Crippen LogP) is 1.01. The van der Waals surface area contributed by atoms with Gasteiger partial charge in [-0.2, -0.15) is 0 Å². The molecule has 1 rings (SSSR count). The van der Waals surface area contributed by atoms with E-state index in [2.05, 4.69) is 0 Å². The molecule has 5 heteroatoms. The third-order valence-corrected chi connectivity index (χ3v) is 2.24. The third-order valence-electron chi connectivity index (χ3n) is 2.24. The largest absolute Gasteiger partial charge is 0.509 e. The Hall–Kier alpha value is -1.65. The second-order valence-corrected chi connectivity index (χ2v) is 3.46. The lowest BCUT2D eigenvalue weighted by Crippen LogP contribution is -2.32. The van der Waals surface area contributed by atoms with Gasteiger partial charge in [0.05, 0.1) is 6.54 Å². The van der Waals surface area contributed by atoms with Crippen LogP contribution in [0.4, 0.5) is 0 Å². The fourth-order valence-electron chi connectivity index (χ4n) is 1.49. The van der Waals surface area contributed by atoms with Gasteiger partial charge in [0.2, 0.25) is 5.91 Å². The van der Waals surface area contributed by atoms with Crippen molar-refractivity contribution in [2.45, 2.75) is 26.7 Å². The minimum Gasteiger partial charge on any atom is -0.509 e. The SMILES string of the molecule is CCCC(=N)C1=C(O)CN(C(C)=O)C1=O. The van der Waals surface area contributed by atoms with Crippen LogP contribution in [-0.4, -0.2) is 34.1 Å². The highest BCUT2D eigenvalue weighted by atomic mass is 16.3. The molecule has 0 aliphatic carbocycles. The molecule has 0 radical (unpaired) electrons. The van der Waals surface area contributed by atoms with Crippen molar-refractivity contribution in [3.63, 3.8) is 0 Å². The van der Waals surface area contributed by atoms with Gasteiger partial charge < -0.3 is 10.5 Å². The molecule has 2 amide bonds. The van der Waals surface area contributed by atoms with E-state index in [-0.39, 0.29) is 23.6 Å². The summed E-state index contributed by atoms with van der Waals surface area (Å²) in [7, 11) is 0. The van der Waals surface area contributed by atoms with Crippen molar-refractivity contribution in [2.24, 2.45) is 0 Å². The Morgan fingerprint density at radius 2 is 2.20 bits per heavy atom. The Kier molecular flexibility index (Phi) is 3.24. The average molecular weight is 210 g/mol. The van der Waals surface area contributed by atoms with Crippen LogP contribution < -0.4 is 0 Å². The molecule has 0 aromatic rings. The van der Waals surface area contributed by atoms with Crippen molar-refractivity contribution in [3.8, 4) is 0 Å². The molecule has 0 unspecified atom stereocenters. The molecule has 0 fully saturated rings. The van der Waals surface area contributed by atoms with Crippen LogP contribution in [0.2, 0.25) is 0 Å². The lowest BCUT2D eigenvalue weighted by molar-refractivity contribution is -0.139. The summed E-state index contributed by atoms with van der Waals surface area (Å²) >= 11 is 0. The lowest BCUT2D eigenvalue weighted by atomic mass is 10.1. The number of rotatable bonds is 3. The van der Waals surface area contributed by atoms with E-state index >= 15 is 0 Å². The van der Waals surface area contributed by atoms with E-state index in [1.54, 1.807) is 0 Å². The van der Waals surface area contributed by atoms with Gasteiger partial charge in [0.15, 0.2) is 0 Å². The molecule has 2 N–H and O–H groups in total. The second kappa shape index (κ2) is 4.25. The van der Waals surface area contributed by atoms with Gasteiger partial charge in [0, 0.05) is 12.6 Å². The first kappa shape index (κ1) is 11.4. The molecule has 1 heterocycles. The fourth-order valence-corrected chi connectivity index (χ4v) is 1.49. The first-order valence-electron chi connectivity index (χ1n) is 4.81. The monoisotopic (exact) mass is 210 g/mol. The van der Waals surface area contributed by atoms with Crippen LogP contribution in [0.5, 0.6) is 0 Å². The summed E-state index contributed by atoms with van der Waals surface area (Å²) in [6.45, 7) is 3.04. The highest BCUT2D eigenvalue weighted by molar-refractivity contribution is 6.25. The van der Waals surface area contributed by atoms with Gasteiger partial charge in [0.1, 0.15) is 11.3 Å². The van der Waals surface area contributed by atoms with E-state index in [4.69, 9.17) is 5.41 Å². The van der Waals surface area contributed by atoms with Crippen LogP contribution >= 0.6 is 0 Å². The molecule has 0 atom stereocenters. The molecule has 0 saturated carbocycles. The first-order valence-corrected chi connectivity index (χ1v) is 4.81. The molecule has 0 aromatic heterocycles. The van der Waals surface area contributed by atoms with Crippen molar-refractivity contribution < 1.29 is 14.7 Å². The number of aliphatic hydroxyl groups is 1. The maximum absolute atomic E-state index is 11.6. The number of aliphatic hydroxyl groups excluding tert-OH is 1. The summed E-state index contributed by atoms with van der Waals surface area (Å²) in [5.74, 6) is -1.14. The van der Waals surface area contributed by atoms with E-state index in [0.29, 0.717) is 6.42 Å². The van der Waals surface area contributed by atoms with Gasteiger partial charge >= 0.3 is 0 Å². The number of carbonyl (C=O) groups is 2. The normalized spacial score (nSPS) is 16.1. The number of hydrogen-bond acceptors (Lipinski definition) is 4. The van der Waals surface area contributed by atoms with Crippen LogP contribution in [0.15, 0.2) is 11.3 Å². The van der Waals surface area contributed by atoms with Gasteiger partial charge in [-0.3, -0.25) is 14.5 Å². The number of carbonyl (C=O) groups excluding carboxylic acids is 2. The molecule has 5 nitrogen and oxygen atoms in total. The number of imide groups is 1. The van der Waals surface area contributed by atoms with Gasteiger partial charge in [-0.05, 0) is 6.42 Å². The van der Waals surface area contributed by atoms with Crippen molar-refractivity contribution in [3.05, 3.63) is 11.3 Å². The first-order chi connectivity index (χ1) is 6.99. The van der Waals surface area contributed by atoms with Crippen LogP contribution in [0.1, 0.15) is 26.7 Å². The zero-order valence-corrected chi connectivity index (χ0v) is 8.83. The second-order valence-electron chi connectivity index (χ2n) is 3.46. The lowest BCUT2D eigenvalue weighted by Gasteiger charge is -2.10.